The van der Waals surface area contributed by atoms with Crippen molar-refractivity contribution in [2.45, 2.75) is 58.0 Å². The summed E-state index contributed by atoms with van der Waals surface area (Å²) in [6.07, 6.45) is 1.14. The molecule has 40 heavy (non-hydrogen) atoms. The van der Waals surface area contributed by atoms with E-state index in [9.17, 15) is 18.0 Å². The maximum atomic E-state index is 14.1. The second-order valence-electron chi connectivity index (χ2n) is 9.69. The van der Waals surface area contributed by atoms with Crippen LogP contribution in [-0.2, 0) is 26.2 Å². The molecule has 1 N–H and O–H groups in total. The van der Waals surface area contributed by atoms with Crippen molar-refractivity contribution in [3.05, 3.63) is 89.5 Å². The third-order valence-electron chi connectivity index (χ3n) is 6.79. The fourth-order valence-corrected chi connectivity index (χ4v) is 5.79. The fraction of sp³-hybridized carbons (Fsp3) is 0.355. The third-order valence-corrected chi connectivity index (χ3v) is 8.57. The highest BCUT2D eigenvalue weighted by atomic mass is 32.2. The highest BCUT2D eigenvalue weighted by molar-refractivity contribution is 7.92. The number of ether oxygens (including phenoxy) is 1. The topological polar surface area (TPSA) is 96.0 Å². The van der Waals surface area contributed by atoms with Crippen LogP contribution < -0.4 is 14.4 Å². The predicted octanol–water partition coefficient (Wildman–Crippen LogP) is 4.84. The largest absolute Gasteiger partial charge is 0.497 e. The van der Waals surface area contributed by atoms with Gasteiger partial charge in [-0.05, 0) is 74.2 Å². The molecule has 2 amide bonds. The summed E-state index contributed by atoms with van der Waals surface area (Å²) in [5, 5.41) is 2.90. The third kappa shape index (κ3) is 7.41. The quantitative estimate of drug-likeness (QED) is 0.320. The van der Waals surface area contributed by atoms with E-state index < -0.39 is 28.5 Å². The summed E-state index contributed by atoms with van der Waals surface area (Å²) in [7, 11) is -2.63. The molecule has 0 aliphatic carbocycles. The summed E-state index contributed by atoms with van der Waals surface area (Å²) in [6, 6.07) is 19.9. The van der Waals surface area contributed by atoms with Crippen LogP contribution in [0.3, 0.4) is 0 Å². The lowest BCUT2D eigenvalue weighted by Crippen LogP contribution is -2.52. The van der Waals surface area contributed by atoms with Crippen LogP contribution in [0.25, 0.3) is 0 Å². The van der Waals surface area contributed by atoms with Crippen LogP contribution in [0.5, 0.6) is 5.75 Å². The van der Waals surface area contributed by atoms with Crippen LogP contribution >= 0.6 is 0 Å². The van der Waals surface area contributed by atoms with Crippen LogP contribution in [0.1, 0.15) is 43.4 Å². The van der Waals surface area contributed by atoms with Crippen molar-refractivity contribution in [3.63, 3.8) is 0 Å². The standard InChI is InChI=1S/C31H39N3O5S/c1-6-20-32-31(36)29(7-2)33(21-25-11-9-8-10-24(25)4)30(35)22-34(26-14-12-23(3)13-15-26)40(37,38)28-18-16-27(39-5)17-19-28/h8-19,29H,6-7,20-22H2,1-5H3,(H,32,36)/t29-/m0/s1. The van der Waals surface area contributed by atoms with Gasteiger partial charge in [-0.1, -0.05) is 55.8 Å². The lowest BCUT2D eigenvalue weighted by molar-refractivity contribution is -0.140. The van der Waals surface area contributed by atoms with Gasteiger partial charge in [-0.2, -0.15) is 0 Å². The van der Waals surface area contributed by atoms with Crippen molar-refractivity contribution in [1.82, 2.24) is 10.2 Å². The number of hydrogen-bond donors (Lipinski definition) is 1. The predicted molar refractivity (Wildman–Crippen MR) is 158 cm³/mol. The minimum absolute atomic E-state index is 0.0276. The van der Waals surface area contributed by atoms with Crippen LogP contribution in [0, 0.1) is 13.8 Å². The van der Waals surface area contributed by atoms with Gasteiger partial charge in [-0.25, -0.2) is 8.42 Å². The monoisotopic (exact) mass is 565 g/mol. The molecule has 0 aromatic heterocycles. The Bertz CT molecular complexity index is 1390. The van der Waals surface area contributed by atoms with Crippen molar-refractivity contribution in [2.75, 3.05) is 24.5 Å². The van der Waals surface area contributed by atoms with Crippen LogP contribution in [0.15, 0.2) is 77.7 Å². The van der Waals surface area contributed by atoms with Gasteiger partial charge in [0.25, 0.3) is 10.0 Å². The molecule has 0 unspecified atom stereocenters. The summed E-state index contributed by atoms with van der Waals surface area (Å²) < 4.78 is 34.2. The second kappa shape index (κ2) is 14.0. The van der Waals surface area contributed by atoms with Crippen LogP contribution in [0.2, 0.25) is 0 Å². The number of carbonyl (C=O) groups is 2. The Morgan fingerprint density at radius 1 is 0.925 bits per heavy atom. The van der Waals surface area contributed by atoms with E-state index >= 15 is 0 Å². The second-order valence-corrected chi connectivity index (χ2v) is 11.5. The number of rotatable bonds is 13. The first-order chi connectivity index (χ1) is 19.1. The highest BCUT2D eigenvalue weighted by Crippen LogP contribution is 2.26. The van der Waals surface area contributed by atoms with Gasteiger partial charge in [0.2, 0.25) is 11.8 Å². The SMILES string of the molecule is CCCNC(=O)[C@H](CC)N(Cc1ccccc1C)C(=O)CN(c1ccc(C)cc1)S(=O)(=O)c1ccc(OC)cc1. The first-order valence-electron chi connectivity index (χ1n) is 13.5. The molecule has 0 saturated heterocycles. The van der Waals surface area contributed by atoms with Gasteiger partial charge < -0.3 is 15.0 Å². The summed E-state index contributed by atoms with van der Waals surface area (Å²) in [4.78, 5) is 28.8. The molecular weight excluding hydrogens is 526 g/mol. The van der Waals surface area contributed by atoms with Gasteiger partial charge in [0.1, 0.15) is 18.3 Å². The molecule has 3 rings (SSSR count). The number of anilines is 1. The number of amides is 2. The van der Waals surface area contributed by atoms with Gasteiger partial charge in [0.05, 0.1) is 17.7 Å². The first-order valence-corrected chi connectivity index (χ1v) is 14.9. The number of nitrogens with one attached hydrogen (secondary N) is 1. The van der Waals surface area contributed by atoms with Crippen LogP contribution in [-0.4, -0.2) is 51.4 Å². The van der Waals surface area contributed by atoms with E-state index in [1.807, 2.05) is 52.0 Å². The molecule has 3 aromatic rings. The fourth-order valence-electron chi connectivity index (χ4n) is 4.37. The smallest absolute Gasteiger partial charge is 0.264 e. The molecule has 0 aliphatic heterocycles. The summed E-state index contributed by atoms with van der Waals surface area (Å²) in [5.74, 6) is -0.212. The van der Waals surface area contributed by atoms with E-state index in [0.717, 1.165) is 27.4 Å². The molecule has 214 valence electrons. The zero-order valence-electron chi connectivity index (χ0n) is 23.9. The van der Waals surface area contributed by atoms with Crippen molar-refractivity contribution >= 4 is 27.5 Å². The highest BCUT2D eigenvalue weighted by Gasteiger charge is 2.33. The number of nitrogens with zero attached hydrogens (tertiary/aromatic N) is 2. The molecule has 0 radical (unpaired) electrons. The number of hydrogen-bond acceptors (Lipinski definition) is 5. The van der Waals surface area contributed by atoms with Gasteiger partial charge in [0, 0.05) is 13.1 Å². The van der Waals surface area contributed by atoms with E-state index in [1.54, 1.807) is 36.4 Å². The Balaban J connectivity index is 2.05. The Labute approximate surface area is 238 Å². The van der Waals surface area contributed by atoms with E-state index in [4.69, 9.17) is 4.74 Å². The summed E-state index contributed by atoms with van der Waals surface area (Å²) in [5.41, 5.74) is 3.17. The first kappa shape index (κ1) is 30.7. The van der Waals surface area contributed by atoms with Crippen molar-refractivity contribution in [2.24, 2.45) is 0 Å². The zero-order valence-corrected chi connectivity index (χ0v) is 24.7. The molecule has 0 spiro atoms. The molecule has 0 saturated carbocycles. The number of benzene rings is 3. The summed E-state index contributed by atoms with van der Waals surface area (Å²) in [6.45, 7) is 7.85. The molecule has 0 fully saturated rings. The Hall–Kier alpha value is -3.85. The Kier molecular flexibility index (Phi) is 10.7. The number of carbonyl (C=O) groups excluding carboxylic acids is 2. The van der Waals surface area contributed by atoms with E-state index in [2.05, 4.69) is 5.32 Å². The Morgan fingerprint density at radius 3 is 2.15 bits per heavy atom. The average molecular weight is 566 g/mol. The number of aryl methyl sites for hydroxylation is 2. The molecule has 1 atom stereocenters. The molecule has 0 aliphatic rings. The normalized spacial score (nSPS) is 11.9. The lowest BCUT2D eigenvalue weighted by Gasteiger charge is -2.33. The average Bonchev–Trinajstić information content (AvgIpc) is 2.96. The zero-order chi connectivity index (χ0) is 29.3. The van der Waals surface area contributed by atoms with Crippen LogP contribution in [0.4, 0.5) is 5.69 Å². The molecule has 0 heterocycles. The summed E-state index contributed by atoms with van der Waals surface area (Å²) >= 11 is 0. The molecular formula is C31H39N3O5S. The number of sulfonamides is 1. The molecule has 3 aromatic carbocycles. The van der Waals surface area contributed by atoms with Gasteiger partial charge >= 0.3 is 0 Å². The van der Waals surface area contributed by atoms with E-state index in [-0.39, 0.29) is 17.3 Å². The lowest BCUT2D eigenvalue weighted by atomic mass is 10.1. The van der Waals surface area contributed by atoms with Gasteiger partial charge in [0.15, 0.2) is 0 Å². The minimum atomic E-state index is -4.14. The maximum Gasteiger partial charge on any atom is 0.264 e. The maximum absolute atomic E-state index is 14.1. The van der Waals surface area contributed by atoms with Crippen molar-refractivity contribution in [3.8, 4) is 5.75 Å². The van der Waals surface area contributed by atoms with Gasteiger partial charge in [-0.15, -0.1) is 0 Å². The number of methoxy groups -OCH3 is 1. The molecule has 8 nitrogen and oxygen atoms in total. The van der Waals surface area contributed by atoms with Crippen molar-refractivity contribution in [1.29, 1.82) is 0 Å². The van der Waals surface area contributed by atoms with Crippen molar-refractivity contribution < 1.29 is 22.7 Å². The molecule has 0 bridgehead atoms. The Morgan fingerprint density at radius 2 is 1.57 bits per heavy atom. The minimum Gasteiger partial charge on any atom is -0.497 e. The van der Waals surface area contributed by atoms with E-state index in [1.165, 1.54) is 24.1 Å². The molecule has 9 heteroatoms. The van der Waals surface area contributed by atoms with E-state index in [0.29, 0.717) is 24.4 Å². The van der Waals surface area contributed by atoms with Gasteiger partial charge in [-0.3, -0.25) is 13.9 Å².